The number of benzene rings is 2. The van der Waals surface area contributed by atoms with Crippen molar-refractivity contribution in [2.45, 2.75) is 6.92 Å². The van der Waals surface area contributed by atoms with Gasteiger partial charge in [0, 0.05) is 11.1 Å². The maximum atomic E-state index is 12.1. The van der Waals surface area contributed by atoms with Crippen LogP contribution in [0.25, 0.3) is 22.8 Å². The van der Waals surface area contributed by atoms with Crippen LogP contribution in [-0.4, -0.2) is 20.2 Å². The summed E-state index contributed by atoms with van der Waals surface area (Å²) in [6.07, 6.45) is 0. The van der Waals surface area contributed by atoms with E-state index < -0.39 is 11.4 Å². The lowest BCUT2D eigenvalue weighted by Crippen LogP contribution is -2.08. The fourth-order valence-electron chi connectivity index (χ4n) is 2.84. The van der Waals surface area contributed by atoms with Crippen LogP contribution < -0.4 is 5.56 Å². The number of aromatic hydroxyl groups is 1. The highest BCUT2D eigenvalue weighted by Crippen LogP contribution is 2.32. The zero-order valence-electron chi connectivity index (χ0n) is 15.7. The summed E-state index contributed by atoms with van der Waals surface area (Å²) in [6.45, 7) is 1.51. The first kappa shape index (κ1) is 18.8. The summed E-state index contributed by atoms with van der Waals surface area (Å²) >= 11 is 0. The number of H-pyrrole nitrogens is 1. The predicted octanol–water partition coefficient (Wildman–Crippen LogP) is 4.39. The van der Waals surface area contributed by atoms with Gasteiger partial charge < -0.3 is 9.63 Å². The summed E-state index contributed by atoms with van der Waals surface area (Å²) < 4.78 is 5.39. The number of aromatic amines is 1. The second-order valence-electron chi connectivity index (χ2n) is 6.27. The number of nitrogens with zero attached hydrogens (tertiary/aromatic N) is 5. The van der Waals surface area contributed by atoms with Crippen molar-refractivity contribution in [2.24, 2.45) is 10.2 Å². The van der Waals surface area contributed by atoms with Crippen molar-refractivity contribution in [1.29, 1.82) is 5.26 Å². The monoisotopic (exact) mass is 398 g/mol. The van der Waals surface area contributed by atoms with Crippen LogP contribution in [0.1, 0.15) is 11.1 Å². The van der Waals surface area contributed by atoms with Crippen LogP contribution in [0, 0.1) is 18.3 Å². The van der Waals surface area contributed by atoms with Gasteiger partial charge in [-0.15, -0.1) is 10.2 Å². The Hall–Kier alpha value is -4.58. The molecular weight excluding hydrogens is 384 g/mol. The van der Waals surface area contributed by atoms with Crippen molar-refractivity contribution in [1.82, 2.24) is 15.1 Å². The topological polar surface area (TPSA) is 141 Å². The quantitative estimate of drug-likeness (QED) is 0.488. The average Bonchev–Trinajstić information content (AvgIpc) is 3.25. The van der Waals surface area contributed by atoms with Gasteiger partial charge in [-0.2, -0.15) is 10.2 Å². The van der Waals surface area contributed by atoms with Crippen LogP contribution in [0.5, 0.6) is 5.88 Å². The molecule has 9 nitrogen and oxygen atoms in total. The number of azo groups is 1. The van der Waals surface area contributed by atoms with E-state index in [1.54, 1.807) is 24.3 Å². The van der Waals surface area contributed by atoms with Crippen molar-refractivity contribution >= 4 is 11.4 Å². The number of nitrogens with one attached hydrogen (secondary N) is 1. The van der Waals surface area contributed by atoms with E-state index in [0.717, 1.165) is 5.56 Å². The Labute approximate surface area is 170 Å². The summed E-state index contributed by atoms with van der Waals surface area (Å²) in [6, 6.07) is 18.2. The number of aromatic nitrogens is 3. The molecule has 146 valence electrons. The van der Waals surface area contributed by atoms with Gasteiger partial charge in [-0.3, -0.25) is 9.78 Å². The number of pyridine rings is 1. The molecule has 0 saturated carbocycles. The normalized spacial score (nSPS) is 10.9. The second-order valence-corrected chi connectivity index (χ2v) is 6.27. The van der Waals surface area contributed by atoms with E-state index in [1.165, 1.54) is 6.92 Å². The number of hydrogen-bond donors (Lipinski definition) is 2. The smallest absolute Gasteiger partial charge is 0.278 e. The minimum atomic E-state index is -0.658. The molecular formula is C21H14N6O3. The Morgan fingerprint density at radius 3 is 2.60 bits per heavy atom. The van der Waals surface area contributed by atoms with Gasteiger partial charge in [0.1, 0.15) is 11.6 Å². The zero-order valence-corrected chi connectivity index (χ0v) is 15.7. The Morgan fingerprint density at radius 2 is 1.83 bits per heavy atom. The first-order valence-corrected chi connectivity index (χ1v) is 8.84. The Kier molecular flexibility index (Phi) is 4.88. The zero-order chi connectivity index (χ0) is 21.1. The lowest BCUT2D eigenvalue weighted by Gasteiger charge is -2.03. The van der Waals surface area contributed by atoms with Gasteiger partial charge >= 0.3 is 0 Å². The number of nitriles is 1. The molecule has 0 aliphatic rings. The molecule has 0 bridgehead atoms. The van der Waals surface area contributed by atoms with Crippen LogP contribution in [-0.2, 0) is 0 Å². The highest BCUT2D eigenvalue weighted by molar-refractivity contribution is 5.71. The lowest BCUT2D eigenvalue weighted by molar-refractivity contribution is 0.432. The number of rotatable bonds is 4. The van der Waals surface area contributed by atoms with Crippen molar-refractivity contribution in [3.05, 3.63) is 76.1 Å². The predicted molar refractivity (Wildman–Crippen MR) is 108 cm³/mol. The van der Waals surface area contributed by atoms with E-state index in [9.17, 15) is 9.90 Å². The molecule has 4 aromatic rings. The van der Waals surface area contributed by atoms with E-state index in [4.69, 9.17) is 9.78 Å². The molecule has 9 heteroatoms. The molecule has 30 heavy (non-hydrogen) atoms. The Bertz CT molecular complexity index is 1350. The molecule has 2 aromatic carbocycles. The van der Waals surface area contributed by atoms with Gasteiger partial charge in [-0.1, -0.05) is 47.6 Å². The average molecular weight is 398 g/mol. The standard InChI is InChI=1S/C21H14N6O3/c1-12-15(11-22)19(28)24-20(29)17(12)26-25-16-10-6-5-9-14(16)21-23-18(27-30-21)13-7-3-2-4-8-13/h2-10H,1H3,(H2,24,28,29). The fraction of sp³-hybridized carbons (Fsp3) is 0.0476. The van der Waals surface area contributed by atoms with E-state index in [0.29, 0.717) is 17.1 Å². The molecule has 0 spiro atoms. The third kappa shape index (κ3) is 3.45. The third-order valence-corrected chi connectivity index (χ3v) is 4.38. The largest absolute Gasteiger partial charge is 0.494 e. The second kappa shape index (κ2) is 7.81. The van der Waals surface area contributed by atoms with Crippen molar-refractivity contribution in [3.63, 3.8) is 0 Å². The highest BCUT2D eigenvalue weighted by atomic mass is 16.5. The highest BCUT2D eigenvalue weighted by Gasteiger charge is 2.16. The summed E-state index contributed by atoms with van der Waals surface area (Å²) in [5.74, 6) is 0.179. The molecule has 2 heterocycles. The minimum absolute atomic E-state index is 0.0683. The lowest BCUT2D eigenvalue weighted by atomic mass is 10.1. The minimum Gasteiger partial charge on any atom is -0.494 e. The van der Waals surface area contributed by atoms with Gasteiger partial charge in [0.05, 0.1) is 11.3 Å². The third-order valence-electron chi connectivity index (χ3n) is 4.38. The summed E-state index contributed by atoms with van der Waals surface area (Å²) in [5.41, 5.74) is 1.16. The molecule has 4 rings (SSSR count). The Morgan fingerprint density at radius 1 is 1.10 bits per heavy atom. The summed E-state index contributed by atoms with van der Waals surface area (Å²) in [7, 11) is 0. The molecule has 0 fully saturated rings. The van der Waals surface area contributed by atoms with Crippen molar-refractivity contribution in [2.75, 3.05) is 0 Å². The van der Waals surface area contributed by atoms with Gasteiger partial charge in [-0.05, 0) is 19.1 Å². The molecule has 0 unspecified atom stereocenters. The Balaban J connectivity index is 1.74. The molecule has 0 aliphatic heterocycles. The molecule has 2 aromatic heterocycles. The summed E-state index contributed by atoms with van der Waals surface area (Å²) in [5, 5.41) is 31.0. The molecule has 2 N–H and O–H groups in total. The van der Waals surface area contributed by atoms with Gasteiger partial charge in [-0.25, -0.2) is 0 Å². The van der Waals surface area contributed by atoms with E-state index in [2.05, 4.69) is 25.4 Å². The maximum absolute atomic E-state index is 12.1. The summed E-state index contributed by atoms with van der Waals surface area (Å²) in [4.78, 5) is 18.7. The first-order valence-electron chi connectivity index (χ1n) is 8.84. The van der Waals surface area contributed by atoms with Crippen molar-refractivity contribution < 1.29 is 9.63 Å². The van der Waals surface area contributed by atoms with E-state index in [1.807, 2.05) is 36.4 Å². The molecule has 0 amide bonds. The van der Waals surface area contributed by atoms with Crippen LogP contribution in [0.2, 0.25) is 0 Å². The molecule has 0 saturated heterocycles. The first-order chi connectivity index (χ1) is 14.6. The SMILES string of the molecule is Cc1c(C#N)c(O)[nH]c(=O)c1N=Nc1ccccc1-c1nc(-c2ccccc2)no1. The van der Waals surface area contributed by atoms with Crippen LogP contribution in [0.3, 0.4) is 0 Å². The molecule has 0 atom stereocenters. The van der Waals surface area contributed by atoms with Gasteiger partial charge in [0.2, 0.25) is 11.7 Å². The van der Waals surface area contributed by atoms with E-state index in [-0.39, 0.29) is 22.7 Å². The molecule has 0 radical (unpaired) electrons. The van der Waals surface area contributed by atoms with E-state index >= 15 is 0 Å². The fourth-order valence-corrected chi connectivity index (χ4v) is 2.84. The number of hydrogen-bond acceptors (Lipinski definition) is 8. The van der Waals surface area contributed by atoms with Crippen LogP contribution >= 0.6 is 0 Å². The van der Waals surface area contributed by atoms with Crippen molar-refractivity contribution in [3.8, 4) is 34.8 Å². The maximum Gasteiger partial charge on any atom is 0.278 e. The van der Waals surface area contributed by atoms with Crippen LogP contribution in [0.4, 0.5) is 11.4 Å². The molecule has 0 aliphatic carbocycles. The van der Waals surface area contributed by atoms with Crippen LogP contribution in [0.15, 0.2) is 74.1 Å². The van der Waals surface area contributed by atoms with Gasteiger partial charge in [0.25, 0.3) is 11.4 Å². The van der Waals surface area contributed by atoms with Gasteiger partial charge in [0.15, 0.2) is 5.69 Å².